The average Bonchev–Trinajstić information content (AvgIpc) is 3.13. The van der Waals surface area contributed by atoms with Crippen LogP contribution in [0, 0.1) is 6.92 Å². The van der Waals surface area contributed by atoms with Crippen molar-refractivity contribution >= 4 is 27.2 Å². The minimum absolute atomic E-state index is 0.758. The Bertz CT molecular complexity index is 887. The summed E-state index contributed by atoms with van der Waals surface area (Å²) in [5.41, 5.74) is 2.04. The number of hydrogen-bond donors (Lipinski definition) is 0. The lowest BCUT2D eigenvalue weighted by molar-refractivity contribution is 0.599. The van der Waals surface area contributed by atoms with Crippen LogP contribution in [0.15, 0.2) is 30.2 Å². The molecule has 0 aromatic carbocycles. The van der Waals surface area contributed by atoms with Gasteiger partial charge in [0.25, 0.3) is 0 Å². The highest BCUT2D eigenvalue weighted by atomic mass is 32.1. The second kappa shape index (κ2) is 4.38. The smallest absolute Gasteiger partial charge is 0.167 e. The SMILES string of the molecule is Cc1cnn(CCc2nc3c4ccsc4ncn3n2)c1. The molecule has 0 unspecified atom stereocenters. The van der Waals surface area contributed by atoms with Crippen molar-refractivity contribution in [3.8, 4) is 0 Å². The maximum atomic E-state index is 4.61. The predicted molar refractivity (Wildman–Crippen MR) is 76.8 cm³/mol. The first-order valence-corrected chi connectivity index (χ1v) is 7.24. The van der Waals surface area contributed by atoms with Crippen LogP contribution in [0.3, 0.4) is 0 Å². The van der Waals surface area contributed by atoms with Gasteiger partial charge >= 0.3 is 0 Å². The zero-order valence-electron chi connectivity index (χ0n) is 10.9. The molecule has 0 aliphatic heterocycles. The summed E-state index contributed by atoms with van der Waals surface area (Å²) in [7, 11) is 0. The van der Waals surface area contributed by atoms with Gasteiger partial charge in [0, 0.05) is 19.2 Å². The quantitative estimate of drug-likeness (QED) is 0.578. The molecule has 4 aromatic heterocycles. The molecule has 20 heavy (non-hydrogen) atoms. The number of aromatic nitrogens is 6. The molecule has 6 nitrogen and oxygen atoms in total. The summed E-state index contributed by atoms with van der Waals surface area (Å²) in [6.07, 6.45) is 6.36. The minimum Gasteiger partial charge on any atom is -0.272 e. The van der Waals surface area contributed by atoms with Gasteiger partial charge in [0.05, 0.1) is 11.6 Å². The lowest BCUT2D eigenvalue weighted by atomic mass is 10.4. The van der Waals surface area contributed by atoms with Crippen molar-refractivity contribution in [2.75, 3.05) is 0 Å². The van der Waals surface area contributed by atoms with E-state index in [0.717, 1.165) is 40.2 Å². The molecule has 0 bridgehead atoms. The molecular formula is C13H12N6S. The molecule has 0 spiro atoms. The van der Waals surface area contributed by atoms with E-state index >= 15 is 0 Å². The van der Waals surface area contributed by atoms with Crippen molar-refractivity contribution in [2.45, 2.75) is 19.9 Å². The van der Waals surface area contributed by atoms with E-state index < -0.39 is 0 Å². The number of hydrogen-bond acceptors (Lipinski definition) is 5. The standard InChI is InChI=1S/C13H12N6S/c1-9-6-15-18(7-9)4-2-11-16-12-10-3-5-20-13(10)14-8-19(12)17-11/h3,5-8H,2,4H2,1H3. The Morgan fingerprint density at radius 3 is 3.15 bits per heavy atom. The van der Waals surface area contributed by atoms with Crippen LogP contribution in [0.1, 0.15) is 11.4 Å². The summed E-state index contributed by atoms with van der Waals surface area (Å²) >= 11 is 1.62. The largest absolute Gasteiger partial charge is 0.272 e. The van der Waals surface area contributed by atoms with Crippen molar-refractivity contribution in [3.05, 3.63) is 41.6 Å². The Morgan fingerprint density at radius 1 is 1.35 bits per heavy atom. The van der Waals surface area contributed by atoms with Gasteiger partial charge in [-0.25, -0.2) is 14.5 Å². The molecule has 0 fully saturated rings. The van der Waals surface area contributed by atoms with E-state index in [4.69, 9.17) is 0 Å². The zero-order chi connectivity index (χ0) is 13.5. The first-order valence-electron chi connectivity index (χ1n) is 6.36. The van der Waals surface area contributed by atoms with Crippen molar-refractivity contribution in [3.63, 3.8) is 0 Å². The molecule has 0 saturated carbocycles. The Kier molecular flexibility index (Phi) is 2.53. The first kappa shape index (κ1) is 11.5. The van der Waals surface area contributed by atoms with Gasteiger partial charge in [-0.3, -0.25) is 4.68 Å². The molecule has 100 valence electrons. The second-order valence-electron chi connectivity index (χ2n) is 4.71. The van der Waals surface area contributed by atoms with Crippen molar-refractivity contribution < 1.29 is 0 Å². The van der Waals surface area contributed by atoms with E-state index in [9.17, 15) is 0 Å². The van der Waals surface area contributed by atoms with E-state index in [0.29, 0.717) is 0 Å². The van der Waals surface area contributed by atoms with Crippen LogP contribution < -0.4 is 0 Å². The molecule has 4 rings (SSSR count). The van der Waals surface area contributed by atoms with Gasteiger partial charge in [-0.2, -0.15) is 5.10 Å². The average molecular weight is 284 g/mol. The highest BCUT2D eigenvalue weighted by Crippen LogP contribution is 2.21. The topological polar surface area (TPSA) is 60.9 Å². The zero-order valence-corrected chi connectivity index (χ0v) is 11.7. The number of nitrogens with zero attached hydrogens (tertiary/aromatic N) is 6. The molecule has 4 heterocycles. The van der Waals surface area contributed by atoms with Gasteiger partial charge in [-0.15, -0.1) is 16.4 Å². The number of fused-ring (bicyclic) bond motifs is 3. The van der Waals surface area contributed by atoms with Crippen LogP contribution in [0.5, 0.6) is 0 Å². The Hall–Kier alpha value is -2.28. The van der Waals surface area contributed by atoms with Crippen molar-refractivity contribution in [1.29, 1.82) is 0 Å². The Morgan fingerprint density at radius 2 is 2.30 bits per heavy atom. The molecule has 0 atom stereocenters. The van der Waals surface area contributed by atoms with Crippen LogP contribution in [0.25, 0.3) is 15.9 Å². The summed E-state index contributed by atoms with van der Waals surface area (Å²) in [6, 6.07) is 2.04. The fourth-order valence-corrected chi connectivity index (χ4v) is 2.95. The highest BCUT2D eigenvalue weighted by molar-refractivity contribution is 7.16. The molecular weight excluding hydrogens is 272 g/mol. The van der Waals surface area contributed by atoms with Crippen LogP contribution in [0.4, 0.5) is 0 Å². The maximum absolute atomic E-state index is 4.61. The third kappa shape index (κ3) is 1.87. The van der Waals surface area contributed by atoms with Crippen LogP contribution in [-0.4, -0.2) is 29.4 Å². The molecule has 0 amide bonds. The molecule has 0 saturated heterocycles. The molecule has 7 heteroatoms. The van der Waals surface area contributed by atoms with Gasteiger partial charge in [-0.1, -0.05) is 0 Å². The summed E-state index contributed by atoms with van der Waals surface area (Å²) in [6.45, 7) is 2.82. The van der Waals surface area contributed by atoms with Gasteiger partial charge in [0.15, 0.2) is 11.5 Å². The van der Waals surface area contributed by atoms with E-state index in [1.54, 1.807) is 22.2 Å². The second-order valence-corrected chi connectivity index (χ2v) is 5.61. The van der Waals surface area contributed by atoms with Crippen molar-refractivity contribution in [1.82, 2.24) is 29.4 Å². The first-order chi connectivity index (χ1) is 9.79. The molecule has 0 aliphatic rings. The molecule has 0 N–H and O–H groups in total. The van der Waals surface area contributed by atoms with Gasteiger partial charge in [-0.05, 0) is 23.9 Å². The molecule has 0 aliphatic carbocycles. The van der Waals surface area contributed by atoms with E-state index in [2.05, 4.69) is 20.2 Å². The Labute approximate surface area is 118 Å². The monoisotopic (exact) mass is 284 g/mol. The minimum atomic E-state index is 0.758. The summed E-state index contributed by atoms with van der Waals surface area (Å²) in [4.78, 5) is 9.98. The highest BCUT2D eigenvalue weighted by Gasteiger charge is 2.09. The maximum Gasteiger partial charge on any atom is 0.167 e. The van der Waals surface area contributed by atoms with E-state index in [1.165, 1.54) is 0 Å². The van der Waals surface area contributed by atoms with Gasteiger partial charge < -0.3 is 0 Å². The normalized spacial score (nSPS) is 11.7. The Balaban J connectivity index is 1.66. The summed E-state index contributed by atoms with van der Waals surface area (Å²) in [5, 5.41) is 11.8. The third-order valence-corrected chi connectivity index (χ3v) is 3.99. The number of rotatable bonds is 3. The summed E-state index contributed by atoms with van der Waals surface area (Å²) < 4.78 is 3.66. The lowest BCUT2D eigenvalue weighted by Crippen LogP contribution is -2.03. The lowest BCUT2D eigenvalue weighted by Gasteiger charge is -1.96. The van der Waals surface area contributed by atoms with Crippen LogP contribution in [0.2, 0.25) is 0 Å². The predicted octanol–water partition coefficient (Wildman–Crippen LogP) is 2.09. The van der Waals surface area contributed by atoms with Crippen molar-refractivity contribution in [2.24, 2.45) is 0 Å². The van der Waals surface area contributed by atoms with Crippen LogP contribution in [-0.2, 0) is 13.0 Å². The fraction of sp³-hybridized carbons (Fsp3) is 0.231. The van der Waals surface area contributed by atoms with Gasteiger partial charge in [0.2, 0.25) is 0 Å². The van der Waals surface area contributed by atoms with Gasteiger partial charge in [0.1, 0.15) is 11.2 Å². The number of thiophene rings is 1. The van der Waals surface area contributed by atoms with E-state index in [-0.39, 0.29) is 0 Å². The third-order valence-electron chi connectivity index (χ3n) is 3.17. The van der Waals surface area contributed by atoms with E-state index in [1.807, 2.05) is 35.4 Å². The van der Waals surface area contributed by atoms with Crippen LogP contribution >= 0.6 is 11.3 Å². The molecule has 0 radical (unpaired) electrons. The molecule has 4 aromatic rings. The summed E-state index contributed by atoms with van der Waals surface area (Å²) in [5.74, 6) is 0.818. The number of aryl methyl sites for hydroxylation is 3. The fourth-order valence-electron chi connectivity index (χ4n) is 2.22.